The van der Waals surface area contributed by atoms with Crippen molar-refractivity contribution in [1.29, 1.82) is 0 Å². The summed E-state index contributed by atoms with van der Waals surface area (Å²) in [5.74, 6) is 1.29. The molecule has 2 heterocycles. The zero-order chi connectivity index (χ0) is 11.5. The number of para-hydroxylation sites is 1. The summed E-state index contributed by atoms with van der Waals surface area (Å²) in [6.07, 6.45) is 1.22. The van der Waals surface area contributed by atoms with Gasteiger partial charge in [0.1, 0.15) is 5.52 Å². The van der Waals surface area contributed by atoms with Crippen LogP contribution in [-0.4, -0.2) is 34.8 Å². The molecule has 3 rings (SSSR count). The van der Waals surface area contributed by atoms with E-state index in [1.165, 1.54) is 6.42 Å². The SMILES string of the molecule is c1ccc2nc(NCC3CCNC3)nnc2c1. The van der Waals surface area contributed by atoms with Crippen LogP contribution in [0.15, 0.2) is 24.3 Å². The fourth-order valence-corrected chi connectivity index (χ4v) is 2.08. The largest absolute Gasteiger partial charge is 0.353 e. The van der Waals surface area contributed by atoms with Crippen molar-refractivity contribution >= 4 is 17.0 Å². The first kappa shape index (κ1) is 10.4. The summed E-state index contributed by atoms with van der Waals surface area (Å²) in [6, 6.07) is 7.77. The molecule has 0 spiro atoms. The molecule has 88 valence electrons. The van der Waals surface area contributed by atoms with Crippen LogP contribution in [0.3, 0.4) is 0 Å². The summed E-state index contributed by atoms with van der Waals surface area (Å²) < 4.78 is 0. The lowest BCUT2D eigenvalue weighted by Gasteiger charge is -2.09. The van der Waals surface area contributed by atoms with Gasteiger partial charge in [0, 0.05) is 6.54 Å². The molecule has 0 bridgehead atoms. The molecule has 1 aliphatic heterocycles. The lowest BCUT2D eigenvalue weighted by Crippen LogP contribution is -2.18. The van der Waals surface area contributed by atoms with Gasteiger partial charge in [0.05, 0.1) is 5.52 Å². The molecule has 2 N–H and O–H groups in total. The highest BCUT2D eigenvalue weighted by molar-refractivity contribution is 5.73. The Hall–Kier alpha value is -1.75. The predicted octanol–water partition coefficient (Wildman–Crippen LogP) is 1.05. The fraction of sp³-hybridized carbons (Fsp3) is 0.417. The molecule has 2 aromatic rings. The molecular weight excluding hydrogens is 214 g/mol. The topological polar surface area (TPSA) is 62.7 Å². The summed E-state index contributed by atoms with van der Waals surface area (Å²) in [5, 5.41) is 14.8. The van der Waals surface area contributed by atoms with Crippen molar-refractivity contribution in [2.75, 3.05) is 25.0 Å². The average Bonchev–Trinajstić information content (AvgIpc) is 2.89. The summed E-state index contributed by atoms with van der Waals surface area (Å²) in [6.45, 7) is 3.10. The van der Waals surface area contributed by atoms with Gasteiger partial charge in [-0.15, -0.1) is 10.2 Å². The molecule has 0 aliphatic carbocycles. The Balaban J connectivity index is 1.72. The van der Waals surface area contributed by atoms with E-state index in [1.807, 2.05) is 24.3 Å². The van der Waals surface area contributed by atoms with E-state index >= 15 is 0 Å². The van der Waals surface area contributed by atoms with Gasteiger partial charge >= 0.3 is 0 Å². The van der Waals surface area contributed by atoms with Gasteiger partial charge in [0.25, 0.3) is 0 Å². The van der Waals surface area contributed by atoms with Crippen LogP contribution in [0.5, 0.6) is 0 Å². The number of fused-ring (bicyclic) bond motifs is 1. The number of hydrogen-bond donors (Lipinski definition) is 2. The molecule has 0 amide bonds. The normalized spacial score (nSPS) is 19.6. The van der Waals surface area contributed by atoms with E-state index < -0.39 is 0 Å². The predicted molar refractivity (Wildman–Crippen MR) is 66.8 cm³/mol. The van der Waals surface area contributed by atoms with Gasteiger partial charge in [-0.25, -0.2) is 4.98 Å². The lowest BCUT2D eigenvalue weighted by molar-refractivity contribution is 0.612. The van der Waals surface area contributed by atoms with Crippen molar-refractivity contribution in [3.63, 3.8) is 0 Å². The first-order valence-corrected chi connectivity index (χ1v) is 5.96. The van der Waals surface area contributed by atoms with Crippen LogP contribution in [0.1, 0.15) is 6.42 Å². The molecule has 5 nitrogen and oxygen atoms in total. The van der Waals surface area contributed by atoms with Gasteiger partial charge in [0.2, 0.25) is 5.95 Å². The van der Waals surface area contributed by atoms with Gasteiger partial charge in [0.15, 0.2) is 0 Å². The Morgan fingerprint density at radius 1 is 1.24 bits per heavy atom. The van der Waals surface area contributed by atoms with E-state index in [-0.39, 0.29) is 0 Å². The van der Waals surface area contributed by atoms with Gasteiger partial charge in [-0.05, 0) is 37.6 Å². The van der Waals surface area contributed by atoms with Crippen molar-refractivity contribution < 1.29 is 0 Å². The van der Waals surface area contributed by atoms with Crippen LogP contribution < -0.4 is 10.6 Å². The van der Waals surface area contributed by atoms with Crippen molar-refractivity contribution in [1.82, 2.24) is 20.5 Å². The van der Waals surface area contributed by atoms with Gasteiger partial charge < -0.3 is 10.6 Å². The van der Waals surface area contributed by atoms with Crippen molar-refractivity contribution in [3.8, 4) is 0 Å². The quantitative estimate of drug-likeness (QED) is 0.823. The van der Waals surface area contributed by atoms with Gasteiger partial charge in [-0.2, -0.15) is 0 Å². The number of benzene rings is 1. The van der Waals surface area contributed by atoms with Crippen LogP contribution in [-0.2, 0) is 0 Å². The number of nitrogens with zero attached hydrogens (tertiary/aromatic N) is 3. The molecule has 0 saturated carbocycles. The first-order chi connectivity index (χ1) is 8.42. The minimum atomic E-state index is 0.621. The second-order valence-electron chi connectivity index (χ2n) is 4.36. The Morgan fingerprint density at radius 3 is 2.94 bits per heavy atom. The number of hydrogen-bond acceptors (Lipinski definition) is 5. The average molecular weight is 229 g/mol. The maximum absolute atomic E-state index is 4.43. The molecule has 5 heteroatoms. The summed E-state index contributed by atoms with van der Waals surface area (Å²) in [5.41, 5.74) is 1.72. The molecule has 1 aromatic carbocycles. The monoisotopic (exact) mass is 229 g/mol. The minimum absolute atomic E-state index is 0.621. The third kappa shape index (κ3) is 2.34. The lowest BCUT2D eigenvalue weighted by atomic mass is 10.1. The third-order valence-electron chi connectivity index (χ3n) is 3.07. The summed E-state index contributed by atoms with van der Waals surface area (Å²) in [4.78, 5) is 4.43. The van der Waals surface area contributed by atoms with E-state index in [9.17, 15) is 0 Å². The number of aromatic nitrogens is 3. The second kappa shape index (κ2) is 4.63. The Bertz CT molecular complexity index is 507. The highest BCUT2D eigenvalue weighted by Crippen LogP contribution is 2.11. The number of nitrogens with one attached hydrogen (secondary N) is 2. The van der Waals surface area contributed by atoms with E-state index in [1.54, 1.807) is 0 Å². The molecule has 1 atom stereocenters. The van der Waals surface area contributed by atoms with Crippen LogP contribution in [0.25, 0.3) is 11.0 Å². The van der Waals surface area contributed by atoms with E-state index in [0.717, 1.165) is 30.7 Å². The zero-order valence-electron chi connectivity index (χ0n) is 9.56. The number of anilines is 1. The van der Waals surface area contributed by atoms with Gasteiger partial charge in [-0.1, -0.05) is 12.1 Å². The highest BCUT2D eigenvalue weighted by atomic mass is 15.2. The van der Waals surface area contributed by atoms with Gasteiger partial charge in [-0.3, -0.25) is 0 Å². The molecule has 1 saturated heterocycles. The zero-order valence-corrected chi connectivity index (χ0v) is 9.56. The molecule has 0 radical (unpaired) electrons. The molecule has 1 unspecified atom stereocenters. The molecule has 17 heavy (non-hydrogen) atoms. The van der Waals surface area contributed by atoms with Crippen LogP contribution in [0.2, 0.25) is 0 Å². The molecule has 1 aromatic heterocycles. The van der Waals surface area contributed by atoms with E-state index in [4.69, 9.17) is 0 Å². The van der Waals surface area contributed by atoms with Crippen LogP contribution in [0, 0.1) is 5.92 Å². The van der Waals surface area contributed by atoms with Crippen molar-refractivity contribution in [2.45, 2.75) is 6.42 Å². The van der Waals surface area contributed by atoms with E-state index in [2.05, 4.69) is 25.8 Å². The van der Waals surface area contributed by atoms with Crippen molar-refractivity contribution in [2.24, 2.45) is 5.92 Å². The molecule has 1 fully saturated rings. The minimum Gasteiger partial charge on any atom is -0.353 e. The third-order valence-corrected chi connectivity index (χ3v) is 3.07. The van der Waals surface area contributed by atoms with Crippen LogP contribution >= 0.6 is 0 Å². The molecule has 1 aliphatic rings. The second-order valence-corrected chi connectivity index (χ2v) is 4.36. The highest BCUT2D eigenvalue weighted by Gasteiger charge is 2.14. The fourth-order valence-electron chi connectivity index (χ4n) is 2.08. The first-order valence-electron chi connectivity index (χ1n) is 5.96. The smallest absolute Gasteiger partial charge is 0.243 e. The van der Waals surface area contributed by atoms with Crippen molar-refractivity contribution in [3.05, 3.63) is 24.3 Å². The summed E-state index contributed by atoms with van der Waals surface area (Å²) in [7, 11) is 0. The standard InChI is InChI=1S/C12H15N5/c1-2-4-11-10(3-1)15-12(17-16-11)14-8-9-5-6-13-7-9/h1-4,9,13H,5-8H2,(H,14,15,17). The Morgan fingerprint density at radius 2 is 2.12 bits per heavy atom. The Labute approximate surface area is 99.7 Å². The Kier molecular flexibility index (Phi) is 2.83. The summed E-state index contributed by atoms with van der Waals surface area (Å²) >= 11 is 0. The maximum atomic E-state index is 4.43. The van der Waals surface area contributed by atoms with E-state index in [0.29, 0.717) is 11.9 Å². The molecular formula is C12H15N5. The maximum Gasteiger partial charge on any atom is 0.243 e. The van der Waals surface area contributed by atoms with Crippen LogP contribution in [0.4, 0.5) is 5.95 Å². The number of rotatable bonds is 3.